The first-order chi connectivity index (χ1) is 8.93. The smallest absolute Gasteiger partial charge is 0.161 e. The highest BCUT2D eigenvalue weighted by Crippen LogP contribution is 2.38. The molecule has 5 rings (SSSR count). The summed E-state index contributed by atoms with van der Waals surface area (Å²) in [7, 11) is 0. The Morgan fingerprint density at radius 1 is 0.778 bits per heavy atom. The van der Waals surface area contributed by atoms with E-state index in [2.05, 4.69) is 46.9 Å². The molecule has 84 valence electrons. The van der Waals surface area contributed by atoms with E-state index in [9.17, 15) is 0 Å². The molecule has 0 aliphatic heterocycles. The molecular formula is C16H9NO. The molecule has 0 atom stereocenters. The van der Waals surface area contributed by atoms with Crippen molar-refractivity contribution < 1.29 is 4.42 Å². The molecule has 0 spiro atoms. The molecule has 0 fully saturated rings. The monoisotopic (exact) mass is 231 g/mol. The van der Waals surface area contributed by atoms with Crippen molar-refractivity contribution in [1.82, 2.24) is 4.40 Å². The molecule has 0 N–H and O–H groups in total. The molecule has 0 radical (unpaired) electrons. The molecule has 4 aromatic heterocycles. The predicted molar refractivity (Wildman–Crippen MR) is 73.4 cm³/mol. The van der Waals surface area contributed by atoms with Crippen LogP contribution in [0.5, 0.6) is 0 Å². The van der Waals surface area contributed by atoms with Crippen molar-refractivity contribution in [1.29, 1.82) is 0 Å². The van der Waals surface area contributed by atoms with Crippen LogP contribution in [0.2, 0.25) is 0 Å². The minimum absolute atomic E-state index is 0.965. The Bertz CT molecular complexity index is 1020. The van der Waals surface area contributed by atoms with Crippen molar-refractivity contribution in [3.8, 4) is 0 Å². The van der Waals surface area contributed by atoms with Crippen molar-refractivity contribution in [2.75, 3.05) is 0 Å². The summed E-state index contributed by atoms with van der Waals surface area (Å²) in [6, 6.07) is 18.9. The average molecular weight is 231 g/mol. The minimum Gasteiger partial charge on any atom is -0.454 e. The largest absolute Gasteiger partial charge is 0.454 e. The predicted octanol–water partition coefficient (Wildman–Crippen LogP) is 4.43. The molecule has 0 unspecified atom stereocenters. The second-order valence-electron chi connectivity index (χ2n) is 4.69. The highest BCUT2D eigenvalue weighted by molar-refractivity contribution is 6.19. The van der Waals surface area contributed by atoms with E-state index in [-0.39, 0.29) is 0 Å². The lowest BCUT2D eigenvalue weighted by molar-refractivity contribution is 0.672. The van der Waals surface area contributed by atoms with Crippen LogP contribution in [0, 0.1) is 0 Å². The fraction of sp³-hybridized carbons (Fsp3) is 0. The van der Waals surface area contributed by atoms with Crippen molar-refractivity contribution in [2.45, 2.75) is 0 Å². The van der Waals surface area contributed by atoms with Gasteiger partial charge in [0.2, 0.25) is 0 Å². The molecule has 5 aromatic rings. The topological polar surface area (TPSA) is 17.6 Å². The van der Waals surface area contributed by atoms with Gasteiger partial charge in [-0.25, -0.2) is 0 Å². The van der Waals surface area contributed by atoms with Gasteiger partial charge in [0.1, 0.15) is 5.58 Å². The summed E-state index contributed by atoms with van der Waals surface area (Å²) < 4.78 is 8.29. The van der Waals surface area contributed by atoms with Gasteiger partial charge in [-0.2, -0.15) is 0 Å². The summed E-state index contributed by atoms with van der Waals surface area (Å²) >= 11 is 0. The summed E-state index contributed by atoms with van der Waals surface area (Å²) in [5.41, 5.74) is 5.57. The fourth-order valence-corrected chi connectivity index (χ4v) is 3.02. The number of fused-ring (bicyclic) bond motifs is 5. The van der Waals surface area contributed by atoms with Crippen LogP contribution in [0.25, 0.3) is 38.5 Å². The number of furan rings is 1. The van der Waals surface area contributed by atoms with Crippen LogP contribution in [-0.2, 0) is 0 Å². The average Bonchev–Trinajstić information content (AvgIpc) is 3.06. The van der Waals surface area contributed by atoms with Crippen LogP contribution < -0.4 is 0 Å². The van der Waals surface area contributed by atoms with Gasteiger partial charge in [0, 0.05) is 10.9 Å². The minimum atomic E-state index is 0.965. The Labute approximate surface area is 102 Å². The van der Waals surface area contributed by atoms with E-state index >= 15 is 0 Å². The first-order valence-corrected chi connectivity index (χ1v) is 6.06. The third-order valence-electron chi connectivity index (χ3n) is 3.76. The summed E-state index contributed by atoms with van der Waals surface area (Å²) in [6.45, 7) is 0. The first-order valence-electron chi connectivity index (χ1n) is 6.06. The Morgan fingerprint density at radius 3 is 2.72 bits per heavy atom. The van der Waals surface area contributed by atoms with Gasteiger partial charge in [-0.15, -0.1) is 0 Å². The van der Waals surface area contributed by atoms with E-state index in [4.69, 9.17) is 4.42 Å². The number of rotatable bonds is 0. The second kappa shape index (κ2) is 2.67. The Morgan fingerprint density at radius 2 is 1.72 bits per heavy atom. The third kappa shape index (κ3) is 0.798. The van der Waals surface area contributed by atoms with Gasteiger partial charge >= 0.3 is 0 Å². The van der Waals surface area contributed by atoms with Crippen LogP contribution in [0.4, 0.5) is 0 Å². The molecule has 0 amide bonds. The van der Waals surface area contributed by atoms with Crippen molar-refractivity contribution in [3.05, 3.63) is 54.6 Å². The van der Waals surface area contributed by atoms with Gasteiger partial charge in [-0.05, 0) is 30.3 Å². The van der Waals surface area contributed by atoms with E-state index in [0.29, 0.717) is 0 Å². The van der Waals surface area contributed by atoms with E-state index in [1.165, 1.54) is 21.8 Å². The Hall–Kier alpha value is -2.48. The summed E-state index contributed by atoms with van der Waals surface area (Å²) in [5, 5.41) is 2.43. The summed E-state index contributed by atoms with van der Waals surface area (Å²) in [4.78, 5) is 0. The zero-order chi connectivity index (χ0) is 11.7. The molecule has 2 heteroatoms. The van der Waals surface area contributed by atoms with Gasteiger partial charge in [0.25, 0.3) is 0 Å². The number of pyridine rings is 1. The van der Waals surface area contributed by atoms with E-state index in [0.717, 1.165) is 16.7 Å². The lowest BCUT2D eigenvalue weighted by Crippen LogP contribution is -1.80. The second-order valence-corrected chi connectivity index (χ2v) is 4.69. The molecule has 0 bridgehead atoms. The molecule has 2 nitrogen and oxygen atoms in total. The maximum Gasteiger partial charge on any atom is 0.161 e. The lowest BCUT2D eigenvalue weighted by Gasteiger charge is -1.95. The highest BCUT2D eigenvalue weighted by Gasteiger charge is 2.17. The zero-order valence-corrected chi connectivity index (χ0v) is 9.55. The molecule has 0 saturated carbocycles. The van der Waals surface area contributed by atoms with Crippen molar-refractivity contribution >= 4 is 38.5 Å². The van der Waals surface area contributed by atoms with E-state index < -0.39 is 0 Å². The number of benzene rings is 1. The number of hydrogen-bond acceptors (Lipinski definition) is 1. The van der Waals surface area contributed by atoms with Crippen LogP contribution in [0.15, 0.2) is 59.0 Å². The van der Waals surface area contributed by atoms with Gasteiger partial charge in [-0.1, -0.05) is 24.3 Å². The van der Waals surface area contributed by atoms with Gasteiger partial charge in [-0.3, -0.25) is 0 Å². The first kappa shape index (κ1) is 8.59. The zero-order valence-electron chi connectivity index (χ0n) is 9.55. The Balaban J connectivity index is 2.27. The number of hydrogen-bond donors (Lipinski definition) is 0. The maximum absolute atomic E-state index is 6.02. The SMILES string of the molecule is c1ccc2c(c1)oc1c2c2cccc3ccc1n32. The standard InChI is InChI=1S/C16H9NO/c1-2-7-14-11(5-1)15-12-6-3-4-10-8-9-13(17(10)12)16(15)18-14/h1-9H. The lowest BCUT2D eigenvalue weighted by atomic mass is 10.2. The molecule has 0 aliphatic rings. The van der Waals surface area contributed by atoms with Gasteiger partial charge in [0.05, 0.1) is 16.4 Å². The maximum atomic E-state index is 6.02. The molecule has 0 aliphatic carbocycles. The molecule has 18 heavy (non-hydrogen) atoms. The quantitative estimate of drug-likeness (QED) is 0.385. The highest BCUT2D eigenvalue weighted by atomic mass is 16.3. The molecule has 0 saturated heterocycles. The Kier molecular flexibility index (Phi) is 1.27. The van der Waals surface area contributed by atoms with Crippen molar-refractivity contribution in [3.63, 3.8) is 0 Å². The number of para-hydroxylation sites is 1. The van der Waals surface area contributed by atoms with Crippen LogP contribution in [0.1, 0.15) is 0 Å². The van der Waals surface area contributed by atoms with Gasteiger partial charge in [0.15, 0.2) is 5.58 Å². The summed E-state index contributed by atoms with van der Waals surface area (Å²) in [6.07, 6.45) is 0. The van der Waals surface area contributed by atoms with E-state index in [1.54, 1.807) is 0 Å². The van der Waals surface area contributed by atoms with Gasteiger partial charge < -0.3 is 8.82 Å². The van der Waals surface area contributed by atoms with Crippen LogP contribution in [-0.4, -0.2) is 4.40 Å². The molecule has 1 aromatic carbocycles. The third-order valence-corrected chi connectivity index (χ3v) is 3.76. The van der Waals surface area contributed by atoms with Crippen molar-refractivity contribution in [2.24, 2.45) is 0 Å². The van der Waals surface area contributed by atoms with E-state index in [1.807, 2.05) is 12.1 Å². The fourth-order valence-electron chi connectivity index (χ4n) is 3.02. The van der Waals surface area contributed by atoms with Crippen LogP contribution in [0.3, 0.4) is 0 Å². The molecule has 4 heterocycles. The summed E-state index contributed by atoms with van der Waals surface area (Å²) in [5.74, 6) is 0. The number of nitrogens with zero attached hydrogens (tertiary/aromatic N) is 1. The van der Waals surface area contributed by atoms with Crippen LogP contribution >= 0.6 is 0 Å². The molecular weight excluding hydrogens is 222 g/mol. The normalized spacial score (nSPS) is 12.4. The number of aromatic nitrogens is 1.